The van der Waals surface area contributed by atoms with Crippen molar-refractivity contribution in [2.45, 2.75) is 70.5 Å². The van der Waals surface area contributed by atoms with E-state index in [1.807, 2.05) is 6.92 Å². The summed E-state index contributed by atoms with van der Waals surface area (Å²) in [5.74, 6) is 0. The van der Waals surface area contributed by atoms with Crippen molar-refractivity contribution in [3.8, 4) is 0 Å². The first-order valence-corrected chi connectivity index (χ1v) is 8.46. The topological polar surface area (TPSA) is 24.9 Å². The van der Waals surface area contributed by atoms with Gasteiger partial charge in [0.15, 0.2) is 0 Å². The van der Waals surface area contributed by atoms with Crippen molar-refractivity contribution in [3.05, 3.63) is 15.6 Å². The zero-order valence-corrected chi connectivity index (χ0v) is 13.5. The molecule has 1 unspecified atom stereocenters. The molecule has 2 rings (SSSR count). The maximum atomic E-state index is 12.4. The van der Waals surface area contributed by atoms with Crippen LogP contribution in [0.4, 0.5) is 13.2 Å². The van der Waals surface area contributed by atoms with Crippen molar-refractivity contribution in [3.63, 3.8) is 0 Å². The highest BCUT2D eigenvalue weighted by Crippen LogP contribution is 2.36. The molecule has 0 amide bonds. The highest BCUT2D eigenvalue weighted by molar-refractivity contribution is 7.12. The molecule has 0 aromatic carbocycles. The van der Waals surface area contributed by atoms with Gasteiger partial charge >= 0.3 is 6.18 Å². The summed E-state index contributed by atoms with van der Waals surface area (Å²) in [4.78, 5) is 6.03. The summed E-state index contributed by atoms with van der Waals surface area (Å²) in [7, 11) is 0. The second kappa shape index (κ2) is 6.65. The average molecular weight is 320 g/mol. The summed E-state index contributed by atoms with van der Waals surface area (Å²) in [5, 5.41) is 4.38. The largest absolute Gasteiger partial charge is 0.389 e. The zero-order chi connectivity index (χ0) is 15.5. The lowest BCUT2D eigenvalue weighted by Crippen LogP contribution is -2.40. The summed E-state index contributed by atoms with van der Waals surface area (Å²) in [6.45, 7) is 4.85. The van der Waals surface area contributed by atoms with Gasteiger partial charge in [-0.2, -0.15) is 13.2 Å². The first-order chi connectivity index (χ1) is 9.84. The maximum absolute atomic E-state index is 12.4. The zero-order valence-electron chi connectivity index (χ0n) is 12.6. The van der Waals surface area contributed by atoms with E-state index in [1.54, 1.807) is 11.3 Å². The number of aryl methyl sites for hydroxylation is 2. The monoisotopic (exact) mass is 320 g/mol. The van der Waals surface area contributed by atoms with Gasteiger partial charge in [-0.3, -0.25) is 0 Å². The van der Waals surface area contributed by atoms with E-state index in [2.05, 4.69) is 12.2 Å². The standard InChI is InChI=1S/C15H23F3N2S/c1-3-10-19-14(2,8-5-9-15(16,17)18)13-20-11-6-4-7-12(11)21-13/h19H,3-10H2,1-2H3. The minimum absolute atomic E-state index is 0.140. The molecule has 0 saturated carbocycles. The third kappa shape index (κ3) is 4.42. The van der Waals surface area contributed by atoms with Crippen LogP contribution < -0.4 is 5.32 Å². The number of alkyl halides is 3. The Balaban J connectivity index is 2.07. The van der Waals surface area contributed by atoms with E-state index in [4.69, 9.17) is 4.98 Å². The van der Waals surface area contributed by atoms with Crippen LogP contribution in [0.3, 0.4) is 0 Å². The number of halogens is 3. The molecule has 1 heterocycles. The Morgan fingerprint density at radius 2 is 2.00 bits per heavy atom. The molecule has 1 atom stereocenters. The van der Waals surface area contributed by atoms with Gasteiger partial charge in [0.05, 0.1) is 11.2 Å². The Kier molecular flexibility index (Phi) is 5.30. The molecule has 1 aromatic rings. The van der Waals surface area contributed by atoms with Crippen molar-refractivity contribution in [1.29, 1.82) is 0 Å². The van der Waals surface area contributed by atoms with Gasteiger partial charge in [0, 0.05) is 11.3 Å². The fourth-order valence-electron chi connectivity index (χ4n) is 2.74. The van der Waals surface area contributed by atoms with Crippen LogP contribution in [0, 0.1) is 0 Å². The maximum Gasteiger partial charge on any atom is 0.389 e. The predicted molar refractivity (Wildman–Crippen MR) is 79.7 cm³/mol. The molecule has 1 aliphatic rings. The van der Waals surface area contributed by atoms with E-state index in [0.29, 0.717) is 6.42 Å². The minimum Gasteiger partial charge on any atom is -0.306 e. The Bertz CT molecular complexity index is 448. The molecule has 0 saturated heterocycles. The van der Waals surface area contributed by atoms with E-state index >= 15 is 0 Å². The SMILES string of the molecule is CCCNC(C)(CCCC(F)(F)F)c1nc2c(s1)CCC2. The molecule has 120 valence electrons. The number of fused-ring (bicyclic) bond motifs is 1. The van der Waals surface area contributed by atoms with Gasteiger partial charge in [0.2, 0.25) is 0 Å². The smallest absolute Gasteiger partial charge is 0.306 e. The van der Waals surface area contributed by atoms with Gasteiger partial charge in [-0.15, -0.1) is 11.3 Å². The molecule has 1 aromatic heterocycles. The molecule has 0 fully saturated rings. The third-order valence-electron chi connectivity index (χ3n) is 3.97. The molecule has 0 radical (unpaired) electrons. The van der Waals surface area contributed by atoms with Crippen LogP contribution in [0.5, 0.6) is 0 Å². The lowest BCUT2D eigenvalue weighted by atomic mass is 9.95. The van der Waals surface area contributed by atoms with E-state index in [0.717, 1.165) is 42.9 Å². The summed E-state index contributed by atoms with van der Waals surface area (Å²) in [6.07, 6.45) is 0.0108. The van der Waals surface area contributed by atoms with Gasteiger partial charge in [-0.25, -0.2) is 4.98 Å². The lowest BCUT2D eigenvalue weighted by Gasteiger charge is -2.29. The number of nitrogens with zero attached hydrogens (tertiary/aromatic N) is 1. The second-order valence-corrected chi connectivity index (χ2v) is 7.05. The summed E-state index contributed by atoms with van der Waals surface area (Å²) in [6, 6.07) is 0. The molecule has 0 aliphatic heterocycles. The van der Waals surface area contributed by atoms with Crippen molar-refractivity contribution in [1.82, 2.24) is 10.3 Å². The van der Waals surface area contributed by atoms with Gasteiger partial charge in [-0.05, 0) is 52.0 Å². The van der Waals surface area contributed by atoms with Crippen molar-refractivity contribution >= 4 is 11.3 Å². The fraction of sp³-hybridized carbons (Fsp3) is 0.800. The van der Waals surface area contributed by atoms with Crippen LogP contribution in [0.1, 0.15) is 61.5 Å². The number of hydrogen-bond donors (Lipinski definition) is 1. The third-order valence-corrected chi connectivity index (χ3v) is 5.39. The molecule has 1 aliphatic carbocycles. The lowest BCUT2D eigenvalue weighted by molar-refractivity contribution is -0.136. The van der Waals surface area contributed by atoms with E-state index in [-0.39, 0.29) is 6.42 Å². The molecular weight excluding hydrogens is 297 g/mol. The molecule has 1 N–H and O–H groups in total. The van der Waals surface area contributed by atoms with Crippen molar-refractivity contribution in [2.24, 2.45) is 0 Å². The normalized spacial score (nSPS) is 17.8. The van der Waals surface area contributed by atoms with E-state index < -0.39 is 18.1 Å². The first kappa shape index (κ1) is 16.7. The Hall–Kier alpha value is -0.620. The number of thiazole rings is 1. The van der Waals surface area contributed by atoms with Crippen LogP contribution in [-0.4, -0.2) is 17.7 Å². The molecule has 2 nitrogen and oxygen atoms in total. The Labute approximate surface area is 128 Å². The Morgan fingerprint density at radius 3 is 2.62 bits per heavy atom. The fourth-order valence-corrected chi connectivity index (χ4v) is 4.04. The van der Waals surface area contributed by atoms with Crippen molar-refractivity contribution in [2.75, 3.05) is 6.54 Å². The van der Waals surface area contributed by atoms with E-state index in [9.17, 15) is 13.2 Å². The predicted octanol–water partition coefficient (Wildman–Crippen LogP) is 4.58. The summed E-state index contributed by atoms with van der Waals surface area (Å²) < 4.78 is 37.2. The molecule has 0 spiro atoms. The molecule has 0 bridgehead atoms. The molecule has 21 heavy (non-hydrogen) atoms. The first-order valence-electron chi connectivity index (χ1n) is 7.65. The molecular formula is C15H23F3N2S. The Morgan fingerprint density at radius 1 is 1.24 bits per heavy atom. The number of rotatable bonds is 7. The van der Waals surface area contributed by atoms with Gasteiger partial charge in [0.1, 0.15) is 5.01 Å². The summed E-state index contributed by atoms with van der Waals surface area (Å²) in [5.41, 5.74) is 0.728. The van der Waals surface area contributed by atoms with Crippen molar-refractivity contribution < 1.29 is 13.2 Å². The van der Waals surface area contributed by atoms with Crippen LogP contribution in [0.15, 0.2) is 0 Å². The van der Waals surface area contributed by atoms with E-state index in [1.165, 1.54) is 4.88 Å². The van der Waals surface area contributed by atoms with Gasteiger partial charge < -0.3 is 5.32 Å². The second-order valence-electron chi connectivity index (χ2n) is 5.97. The highest BCUT2D eigenvalue weighted by Gasteiger charge is 2.34. The number of hydrogen-bond acceptors (Lipinski definition) is 3. The van der Waals surface area contributed by atoms with Gasteiger partial charge in [0.25, 0.3) is 0 Å². The highest BCUT2D eigenvalue weighted by atomic mass is 32.1. The average Bonchev–Trinajstić information content (AvgIpc) is 2.95. The number of nitrogens with one attached hydrogen (secondary N) is 1. The van der Waals surface area contributed by atoms with Crippen LogP contribution in [0.2, 0.25) is 0 Å². The minimum atomic E-state index is -4.07. The quantitative estimate of drug-likeness (QED) is 0.795. The van der Waals surface area contributed by atoms with Crippen LogP contribution in [0.25, 0.3) is 0 Å². The number of aromatic nitrogens is 1. The van der Waals surface area contributed by atoms with Crippen LogP contribution in [-0.2, 0) is 18.4 Å². The molecule has 6 heteroatoms. The summed E-state index contributed by atoms with van der Waals surface area (Å²) >= 11 is 1.68. The van der Waals surface area contributed by atoms with Gasteiger partial charge in [-0.1, -0.05) is 6.92 Å². The van der Waals surface area contributed by atoms with Crippen LogP contribution >= 0.6 is 11.3 Å².